The van der Waals surface area contributed by atoms with Gasteiger partial charge < -0.3 is 15.2 Å². The molecule has 1 aliphatic heterocycles. The largest absolute Gasteiger partial charge is 0.480 e. The average molecular weight is 499 g/mol. The van der Waals surface area contributed by atoms with E-state index in [9.17, 15) is 14.7 Å². The molecule has 3 aromatic carbocycles. The minimum Gasteiger partial charge on any atom is -0.480 e. The lowest BCUT2D eigenvalue weighted by Gasteiger charge is -2.34. The van der Waals surface area contributed by atoms with Crippen LogP contribution in [0.5, 0.6) is 0 Å². The first-order chi connectivity index (χ1) is 16.3. The first-order valence-electron chi connectivity index (χ1n) is 10.8. The molecule has 3 unspecified atom stereocenters. The number of nitrogens with one attached hydrogen (secondary N) is 1. The van der Waals surface area contributed by atoms with Crippen molar-refractivity contribution in [2.45, 2.75) is 24.7 Å². The number of hydrogen-bond donors (Lipinski definition) is 2. The Kier molecular flexibility index (Phi) is 7.54. The molecule has 1 amide bonds. The number of likely N-dealkylation sites (N-methyl/N-ethyl adjacent to an activating group) is 1. The van der Waals surface area contributed by atoms with Crippen LogP contribution in [0.1, 0.15) is 22.8 Å². The summed E-state index contributed by atoms with van der Waals surface area (Å²) in [6, 6.07) is 21.5. The van der Waals surface area contributed by atoms with Gasteiger partial charge in [-0.3, -0.25) is 14.5 Å². The van der Waals surface area contributed by atoms with E-state index in [0.29, 0.717) is 33.3 Å². The molecule has 0 aliphatic carbocycles. The molecule has 0 fully saturated rings. The number of carboxylic acid groups (broad SMARTS) is 1. The van der Waals surface area contributed by atoms with E-state index in [2.05, 4.69) is 5.32 Å². The van der Waals surface area contributed by atoms with Crippen molar-refractivity contribution in [3.8, 4) is 0 Å². The van der Waals surface area contributed by atoms with Crippen LogP contribution in [0.25, 0.3) is 0 Å². The number of carboxylic acids is 1. The summed E-state index contributed by atoms with van der Waals surface area (Å²) in [6.07, 6.45) is -1.27. The van der Waals surface area contributed by atoms with Gasteiger partial charge >= 0.3 is 5.97 Å². The fourth-order valence-electron chi connectivity index (χ4n) is 4.22. The van der Waals surface area contributed by atoms with Crippen LogP contribution in [0.3, 0.4) is 0 Å². The van der Waals surface area contributed by atoms with E-state index >= 15 is 0 Å². The minimum atomic E-state index is -0.993. The summed E-state index contributed by atoms with van der Waals surface area (Å²) in [5.74, 6) is -1.36. The molecule has 1 aliphatic rings. The molecule has 0 radical (unpaired) electrons. The van der Waals surface area contributed by atoms with Gasteiger partial charge in [-0.15, -0.1) is 0 Å². The van der Waals surface area contributed by atoms with Crippen LogP contribution in [-0.2, 0) is 20.7 Å². The Morgan fingerprint density at radius 3 is 2.47 bits per heavy atom. The van der Waals surface area contributed by atoms with Gasteiger partial charge in [0.05, 0.1) is 6.54 Å². The maximum atomic E-state index is 13.5. The second-order valence-corrected chi connectivity index (χ2v) is 9.09. The van der Waals surface area contributed by atoms with Crippen molar-refractivity contribution in [1.29, 1.82) is 0 Å². The average Bonchev–Trinajstić information content (AvgIpc) is 2.94. The van der Waals surface area contributed by atoms with Gasteiger partial charge in [-0.05, 0) is 43.3 Å². The zero-order chi connectivity index (χ0) is 24.2. The standard InChI is InChI=1S/C26H24Cl2N2O4/c1-30(15-23(31)32)22(13-16-7-3-2-4-8-16)25-26(33)29-21-12-11-17(27)14-19(21)24(34-25)18-9-5-6-10-20(18)28/h2-12,14,22,24-25H,13,15H2,1H3,(H,29,33)(H,31,32). The maximum Gasteiger partial charge on any atom is 0.317 e. The minimum absolute atomic E-state index is 0.250. The molecule has 176 valence electrons. The van der Waals surface area contributed by atoms with Crippen LogP contribution < -0.4 is 5.32 Å². The van der Waals surface area contributed by atoms with Gasteiger partial charge in [0.2, 0.25) is 0 Å². The van der Waals surface area contributed by atoms with Gasteiger partial charge in [0.15, 0.2) is 6.10 Å². The number of nitrogens with zero attached hydrogens (tertiary/aromatic N) is 1. The molecule has 8 heteroatoms. The Morgan fingerprint density at radius 2 is 1.76 bits per heavy atom. The van der Waals surface area contributed by atoms with Crippen molar-refractivity contribution >= 4 is 40.8 Å². The van der Waals surface area contributed by atoms with Crippen LogP contribution in [0.15, 0.2) is 72.8 Å². The number of ether oxygens (including phenoxy) is 1. The highest BCUT2D eigenvalue weighted by Crippen LogP contribution is 2.40. The molecule has 1 heterocycles. The number of carbonyl (C=O) groups excluding carboxylic acids is 1. The van der Waals surface area contributed by atoms with Crippen LogP contribution in [0.2, 0.25) is 10.0 Å². The zero-order valence-electron chi connectivity index (χ0n) is 18.4. The van der Waals surface area contributed by atoms with E-state index < -0.39 is 24.2 Å². The number of aliphatic carboxylic acids is 1. The number of hydrogen-bond acceptors (Lipinski definition) is 4. The molecular formula is C26H24Cl2N2O4. The van der Waals surface area contributed by atoms with Crippen molar-refractivity contribution in [2.24, 2.45) is 0 Å². The Hall–Kier alpha value is -2.90. The second-order valence-electron chi connectivity index (χ2n) is 8.24. The second kappa shape index (κ2) is 10.6. The predicted octanol–water partition coefficient (Wildman–Crippen LogP) is 5.05. The summed E-state index contributed by atoms with van der Waals surface area (Å²) >= 11 is 12.8. The number of fused-ring (bicyclic) bond motifs is 1. The van der Waals surface area contributed by atoms with Crippen molar-refractivity contribution < 1.29 is 19.4 Å². The normalized spacial score (nSPS) is 18.6. The first kappa shape index (κ1) is 24.2. The molecule has 0 saturated heterocycles. The number of halogens is 2. The van der Waals surface area contributed by atoms with Gasteiger partial charge in [0.1, 0.15) is 6.10 Å². The third-order valence-corrected chi connectivity index (χ3v) is 6.45. The van der Waals surface area contributed by atoms with Crippen LogP contribution >= 0.6 is 23.2 Å². The van der Waals surface area contributed by atoms with Crippen LogP contribution in [0.4, 0.5) is 5.69 Å². The predicted molar refractivity (Wildman–Crippen MR) is 132 cm³/mol. The molecule has 4 rings (SSSR count). The number of benzene rings is 3. The number of rotatable bonds is 7. The maximum absolute atomic E-state index is 13.5. The molecule has 2 N–H and O–H groups in total. The van der Waals surface area contributed by atoms with Crippen molar-refractivity contribution in [3.05, 3.63) is 99.5 Å². The van der Waals surface area contributed by atoms with Gasteiger partial charge in [-0.25, -0.2) is 0 Å². The van der Waals surface area contributed by atoms with E-state index in [1.54, 1.807) is 36.2 Å². The molecule has 6 nitrogen and oxygen atoms in total. The van der Waals surface area contributed by atoms with Crippen molar-refractivity contribution in [3.63, 3.8) is 0 Å². The number of anilines is 1. The van der Waals surface area contributed by atoms with E-state index in [1.165, 1.54) is 0 Å². The number of carbonyl (C=O) groups is 2. The van der Waals surface area contributed by atoms with Crippen LogP contribution in [-0.4, -0.2) is 47.6 Å². The lowest BCUT2D eigenvalue weighted by molar-refractivity contribution is -0.143. The Balaban J connectivity index is 1.79. The molecule has 0 aromatic heterocycles. The van der Waals surface area contributed by atoms with E-state index in [-0.39, 0.29) is 12.5 Å². The van der Waals surface area contributed by atoms with Gasteiger partial charge in [0.25, 0.3) is 5.91 Å². The molecule has 34 heavy (non-hydrogen) atoms. The van der Waals surface area contributed by atoms with Gasteiger partial charge in [-0.2, -0.15) is 0 Å². The fraction of sp³-hybridized carbons (Fsp3) is 0.231. The summed E-state index contributed by atoms with van der Waals surface area (Å²) < 4.78 is 6.52. The molecule has 3 aromatic rings. The molecule has 0 spiro atoms. The highest BCUT2D eigenvalue weighted by molar-refractivity contribution is 6.31. The number of amides is 1. The SMILES string of the molecule is CN(CC(=O)O)C(Cc1ccccc1)C1OC(c2ccccc2Cl)c2cc(Cl)ccc2NC1=O. The van der Waals surface area contributed by atoms with Crippen molar-refractivity contribution in [2.75, 3.05) is 18.9 Å². The van der Waals surface area contributed by atoms with E-state index in [4.69, 9.17) is 27.9 Å². The highest BCUT2D eigenvalue weighted by atomic mass is 35.5. The molecule has 3 atom stereocenters. The van der Waals surface area contributed by atoms with Crippen LogP contribution in [0, 0.1) is 0 Å². The summed E-state index contributed by atoms with van der Waals surface area (Å²) in [5, 5.41) is 13.4. The Labute approximate surface area is 208 Å². The quantitative estimate of drug-likeness (QED) is 0.476. The smallest absolute Gasteiger partial charge is 0.317 e. The Morgan fingerprint density at radius 1 is 1.06 bits per heavy atom. The molecule has 0 bridgehead atoms. The van der Waals surface area contributed by atoms with E-state index in [1.807, 2.05) is 48.5 Å². The lowest BCUT2D eigenvalue weighted by Crippen LogP contribution is -2.51. The topological polar surface area (TPSA) is 78.9 Å². The summed E-state index contributed by atoms with van der Waals surface area (Å²) in [5.41, 5.74) is 2.89. The van der Waals surface area contributed by atoms with Crippen molar-refractivity contribution in [1.82, 2.24) is 4.90 Å². The molecule has 0 saturated carbocycles. The summed E-state index contributed by atoms with van der Waals surface area (Å²) in [6.45, 7) is -0.250. The fourth-order valence-corrected chi connectivity index (χ4v) is 4.64. The zero-order valence-corrected chi connectivity index (χ0v) is 20.0. The Bertz CT molecular complexity index is 1190. The summed E-state index contributed by atoms with van der Waals surface area (Å²) in [7, 11) is 1.68. The summed E-state index contributed by atoms with van der Waals surface area (Å²) in [4.78, 5) is 26.6. The third-order valence-electron chi connectivity index (χ3n) is 5.87. The van der Waals surface area contributed by atoms with Gasteiger partial charge in [0, 0.05) is 32.9 Å². The van der Waals surface area contributed by atoms with Gasteiger partial charge in [-0.1, -0.05) is 71.7 Å². The van der Waals surface area contributed by atoms with E-state index in [0.717, 1.165) is 5.56 Å². The highest BCUT2D eigenvalue weighted by Gasteiger charge is 2.39. The molecular weight excluding hydrogens is 475 g/mol. The first-order valence-corrected chi connectivity index (χ1v) is 11.5. The lowest BCUT2D eigenvalue weighted by atomic mass is 9.98. The monoisotopic (exact) mass is 498 g/mol. The third kappa shape index (κ3) is 5.42.